The summed E-state index contributed by atoms with van der Waals surface area (Å²) in [7, 11) is 1.74. The number of aryl methyl sites for hydroxylation is 1. The largest absolute Gasteiger partial charge is 0.384 e. The van der Waals surface area contributed by atoms with Crippen LogP contribution in [0.3, 0.4) is 0 Å². The lowest BCUT2D eigenvalue weighted by Gasteiger charge is -2.28. The summed E-state index contributed by atoms with van der Waals surface area (Å²) in [6.45, 7) is 1.51. The highest BCUT2D eigenvalue weighted by Gasteiger charge is 2.34. The van der Waals surface area contributed by atoms with Crippen molar-refractivity contribution in [3.63, 3.8) is 0 Å². The zero-order chi connectivity index (χ0) is 14.3. The van der Waals surface area contributed by atoms with Gasteiger partial charge in [-0.3, -0.25) is 9.89 Å². The van der Waals surface area contributed by atoms with Crippen LogP contribution in [0.15, 0.2) is 12.4 Å². The van der Waals surface area contributed by atoms with Gasteiger partial charge >= 0.3 is 0 Å². The second-order valence-electron chi connectivity index (χ2n) is 5.88. The fourth-order valence-electron chi connectivity index (χ4n) is 3.05. The molecule has 0 bridgehead atoms. The van der Waals surface area contributed by atoms with Gasteiger partial charge in [0.25, 0.3) is 0 Å². The average molecular weight is 279 g/mol. The number of rotatable bonds is 8. The van der Waals surface area contributed by atoms with Gasteiger partial charge in [-0.2, -0.15) is 5.10 Å². The number of nitrogens with one attached hydrogen (secondary N) is 2. The Morgan fingerprint density at radius 1 is 1.50 bits per heavy atom. The molecule has 2 N–H and O–H groups in total. The van der Waals surface area contributed by atoms with E-state index in [0.29, 0.717) is 6.42 Å². The Morgan fingerprint density at radius 2 is 2.30 bits per heavy atom. The van der Waals surface area contributed by atoms with E-state index in [2.05, 4.69) is 15.5 Å². The molecule has 1 aliphatic carbocycles. The first-order valence-corrected chi connectivity index (χ1v) is 7.47. The van der Waals surface area contributed by atoms with Crippen LogP contribution in [0.2, 0.25) is 0 Å². The molecule has 0 unspecified atom stereocenters. The van der Waals surface area contributed by atoms with Crippen LogP contribution >= 0.6 is 0 Å². The molecule has 1 aromatic rings. The van der Waals surface area contributed by atoms with Crippen molar-refractivity contribution in [1.29, 1.82) is 0 Å². The van der Waals surface area contributed by atoms with E-state index in [9.17, 15) is 4.79 Å². The quantitative estimate of drug-likeness (QED) is 0.765. The van der Waals surface area contributed by atoms with Crippen LogP contribution in [0.5, 0.6) is 0 Å². The van der Waals surface area contributed by atoms with Gasteiger partial charge in [-0.15, -0.1) is 0 Å². The number of ether oxygens (including phenoxy) is 1. The lowest BCUT2D eigenvalue weighted by Crippen LogP contribution is -2.38. The molecule has 2 rings (SSSR count). The van der Waals surface area contributed by atoms with E-state index in [1.54, 1.807) is 7.11 Å². The molecule has 0 atom stereocenters. The van der Waals surface area contributed by atoms with E-state index in [-0.39, 0.29) is 11.3 Å². The third-order valence-corrected chi connectivity index (χ3v) is 4.20. The highest BCUT2D eigenvalue weighted by atomic mass is 16.5. The number of methoxy groups -OCH3 is 1. The molecule has 1 aromatic heterocycles. The average Bonchev–Trinajstić information content (AvgIpc) is 3.09. The van der Waals surface area contributed by atoms with Gasteiger partial charge in [0.1, 0.15) is 0 Å². The second-order valence-corrected chi connectivity index (χ2v) is 5.88. The van der Waals surface area contributed by atoms with Crippen LogP contribution in [0.1, 0.15) is 44.1 Å². The molecule has 1 aliphatic rings. The Bertz CT molecular complexity index is 397. The van der Waals surface area contributed by atoms with Crippen LogP contribution in [0.25, 0.3) is 0 Å². The second kappa shape index (κ2) is 7.43. The molecule has 0 aliphatic heterocycles. The number of amides is 1. The number of nitrogens with zero attached hydrogens (tertiary/aromatic N) is 1. The molecule has 1 amide bonds. The van der Waals surface area contributed by atoms with E-state index < -0.39 is 0 Å². The van der Waals surface area contributed by atoms with Crippen molar-refractivity contribution in [2.24, 2.45) is 5.41 Å². The smallest absolute Gasteiger partial charge is 0.220 e. The standard InChI is InChI=1S/C15H25N3O2/c1-20-12-15(7-2-3-8-15)11-16-14(19)6-4-5-13-9-17-18-10-13/h9-10H,2-8,11-12H2,1H3,(H,16,19)(H,17,18). The number of H-pyrrole nitrogens is 1. The Morgan fingerprint density at radius 3 is 2.95 bits per heavy atom. The molecule has 20 heavy (non-hydrogen) atoms. The highest BCUT2D eigenvalue weighted by molar-refractivity contribution is 5.75. The van der Waals surface area contributed by atoms with Crippen LogP contribution in [-0.2, 0) is 16.0 Å². The first kappa shape index (κ1) is 15.0. The molecule has 5 nitrogen and oxygen atoms in total. The van der Waals surface area contributed by atoms with Crippen LogP contribution in [0.4, 0.5) is 0 Å². The van der Waals surface area contributed by atoms with E-state index in [0.717, 1.165) is 44.4 Å². The number of carbonyl (C=O) groups excluding carboxylic acids is 1. The summed E-state index contributed by atoms with van der Waals surface area (Å²) in [6, 6.07) is 0. The van der Waals surface area contributed by atoms with Crippen molar-refractivity contribution < 1.29 is 9.53 Å². The number of carbonyl (C=O) groups is 1. The third kappa shape index (κ3) is 4.34. The molecule has 0 radical (unpaired) electrons. The minimum absolute atomic E-state index is 0.149. The monoisotopic (exact) mass is 279 g/mol. The van der Waals surface area contributed by atoms with Crippen molar-refractivity contribution in [1.82, 2.24) is 15.5 Å². The minimum Gasteiger partial charge on any atom is -0.384 e. The van der Waals surface area contributed by atoms with Gasteiger partial charge in [-0.1, -0.05) is 12.8 Å². The normalized spacial score (nSPS) is 17.2. The molecule has 0 saturated heterocycles. The van der Waals surface area contributed by atoms with Gasteiger partial charge in [0, 0.05) is 31.7 Å². The lowest BCUT2D eigenvalue weighted by atomic mass is 9.87. The fraction of sp³-hybridized carbons (Fsp3) is 0.733. The van der Waals surface area contributed by atoms with Crippen molar-refractivity contribution in [2.45, 2.75) is 44.9 Å². The van der Waals surface area contributed by atoms with E-state index in [1.165, 1.54) is 12.8 Å². The lowest BCUT2D eigenvalue weighted by molar-refractivity contribution is -0.121. The van der Waals surface area contributed by atoms with Crippen molar-refractivity contribution >= 4 is 5.91 Å². The zero-order valence-electron chi connectivity index (χ0n) is 12.3. The Labute approximate surface area is 120 Å². The summed E-state index contributed by atoms with van der Waals surface area (Å²) >= 11 is 0. The minimum atomic E-state index is 0.149. The molecule has 1 fully saturated rings. The predicted octanol–water partition coefficient (Wildman–Crippen LogP) is 2.06. The predicted molar refractivity (Wildman–Crippen MR) is 77.3 cm³/mol. The molecule has 1 heterocycles. The molecule has 0 spiro atoms. The first-order chi connectivity index (χ1) is 9.74. The van der Waals surface area contributed by atoms with Crippen LogP contribution in [0, 0.1) is 5.41 Å². The summed E-state index contributed by atoms with van der Waals surface area (Å²) in [5.41, 5.74) is 1.33. The van der Waals surface area contributed by atoms with Gasteiger partial charge in [0.05, 0.1) is 12.8 Å². The summed E-state index contributed by atoms with van der Waals surface area (Å²) < 4.78 is 5.33. The summed E-state index contributed by atoms with van der Waals surface area (Å²) in [5, 5.41) is 9.77. The molecule has 112 valence electrons. The molecular formula is C15H25N3O2. The maximum absolute atomic E-state index is 11.9. The molecular weight excluding hydrogens is 254 g/mol. The number of aromatic amines is 1. The topological polar surface area (TPSA) is 67.0 Å². The van der Waals surface area contributed by atoms with E-state index in [1.807, 2.05) is 12.4 Å². The van der Waals surface area contributed by atoms with E-state index in [4.69, 9.17) is 4.74 Å². The third-order valence-electron chi connectivity index (χ3n) is 4.20. The summed E-state index contributed by atoms with van der Waals surface area (Å²) in [5.74, 6) is 0.149. The van der Waals surface area contributed by atoms with Gasteiger partial charge in [-0.05, 0) is 31.2 Å². The molecule has 5 heteroatoms. The highest BCUT2D eigenvalue weighted by Crippen LogP contribution is 2.37. The maximum Gasteiger partial charge on any atom is 0.220 e. The van der Waals surface area contributed by atoms with Crippen molar-refractivity contribution in [3.8, 4) is 0 Å². The number of hydrogen-bond acceptors (Lipinski definition) is 3. The summed E-state index contributed by atoms with van der Waals surface area (Å²) in [4.78, 5) is 11.9. The summed E-state index contributed by atoms with van der Waals surface area (Å²) in [6.07, 6.45) is 10.9. The van der Waals surface area contributed by atoms with Gasteiger partial charge in [-0.25, -0.2) is 0 Å². The van der Waals surface area contributed by atoms with Crippen LogP contribution in [-0.4, -0.2) is 36.4 Å². The fourth-order valence-corrected chi connectivity index (χ4v) is 3.05. The van der Waals surface area contributed by atoms with E-state index >= 15 is 0 Å². The zero-order valence-corrected chi connectivity index (χ0v) is 12.3. The van der Waals surface area contributed by atoms with Gasteiger partial charge in [0.15, 0.2) is 0 Å². The Kier molecular flexibility index (Phi) is 5.59. The Hall–Kier alpha value is -1.36. The van der Waals surface area contributed by atoms with Crippen LogP contribution < -0.4 is 5.32 Å². The SMILES string of the molecule is COCC1(CNC(=O)CCCc2cn[nH]c2)CCCC1. The first-order valence-electron chi connectivity index (χ1n) is 7.47. The molecule has 1 saturated carbocycles. The Balaban J connectivity index is 1.66. The van der Waals surface area contributed by atoms with Crippen molar-refractivity contribution in [3.05, 3.63) is 18.0 Å². The van der Waals surface area contributed by atoms with Crippen molar-refractivity contribution in [2.75, 3.05) is 20.3 Å². The van der Waals surface area contributed by atoms with Gasteiger partial charge in [0.2, 0.25) is 5.91 Å². The molecule has 0 aromatic carbocycles. The maximum atomic E-state index is 11.9. The van der Waals surface area contributed by atoms with Gasteiger partial charge < -0.3 is 10.1 Å². The number of hydrogen-bond donors (Lipinski definition) is 2. The number of aromatic nitrogens is 2.